The summed E-state index contributed by atoms with van der Waals surface area (Å²) < 4.78 is 5.29. The highest BCUT2D eigenvalue weighted by Gasteiger charge is 2.23. The van der Waals surface area contributed by atoms with Gasteiger partial charge in [-0.2, -0.15) is 0 Å². The summed E-state index contributed by atoms with van der Waals surface area (Å²) in [5, 5.41) is 4.10. The van der Waals surface area contributed by atoms with Crippen LogP contribution in [0.15, 0.2) is 32.8 Å². The van der Waals surface area contributed by atoms with Crippen molar-refractivity contribution in [2.45, 2.75) is 44.3 Å². The zero-order valence-electron chi connectivity index (χ0n) is 15.2. The van der Waals surface area contributed by atoms with Crippen molar-refractivity contribution in [3.05, 3.63) is 45.0 Å². The molecule has 8 heteroatoms. The molecule has 0 saturated carbocycles. The van der Waals surface area contributed by atoms with Gasteiger partial charge in [-0.25, -0.2) is 4.98 Å². The number of carbonyl (C=O) groups is 1. The Bertz CT molecular complexity index is 1020. The van der Waals surface area contributed by atoms with Crippen LogP contribution in [-0.4, -0.2) is 21.6 Å². The molecule has 3 aromatic heterocycles. The van der Waals surface area contributed by atoms with Gasteiger partial charge in [-0.15, -0.1) is 11.3 Å². The van der Waals surface area contributed by atoms with Crippen molar-refractivity contribution in [3.63, 3.8) is 0 Å². The maximum Gasteiger partial charge on any atom is 0.260 e. The normalized spacial score (nSPS) is 17.6. The third-order valence-corrected chi connectivity index (χ3v) is 6.85. The SMILES string of the molecule is C[C@H]1CCc2c(sc3nc(SCC(=O)N[C@H](C)c4ccco4)[nH]c(=O)c23)C1. The first-order valence-electron chi connectivity index (χ1n) is 9.01. The van der Waals surface area contributed by atoms with E-state index in [9.17, 15) is 9.59 Å². The molecular formula is C19H21N3O3S2. The van der Waals surface area contributed by atoms with Gasteiger partial charge in [0, 0.05) is 4.88 Å². The maximum absolute atomic E-state index is 12.6. The Morgan fingerprint density at radius 1 is 1.56 bits per heavy atom. The predicted octanol–water partition coefficient (Wildman–Crippen LogP) is 3.67. The molecular weight excluding hydrogens is 382 g/mol. The summed E-state index contributed by atoms with van der Waals surface area (Å²) in [6, 6.07) is 3.41. The van der Waals surface area contributed by atoms with Gasteiger partial charge in [-0.3, -0.25) is 9.59 Å². The number of amides is 1. The average Bonchev–Trinajstić information content (AvgIpc) is 3.27. The van der Waals surface area contributed by atoms with Crippen molar-refractivity contribution in [1.29, 1.82) is 0 Å². The van der Waals surface area contributed by atoms with Crippen LogP contribution in [0, 0.1) is 5.92 Å². The van der Waals surface area contributed by atoms with E-state index in [0.717, 1.165) is 29.5 Å². The fourth-order valence-electron chi connectivity index (χ4n) is 3.42. The highest BCUT2D eigenvalue weighted by Crippen LogP contribution is 2.36. The first-order valence-corrected chi connectivity index (χ1v) is 10.8. The van der Waals surface area contributed by atoms with Crippen molar-refractivity contribution >= 4 is 39.2 Å². The summed E-state index contributed by atoms with van der Waals surface area (Å²) in [7, 11) is 0. The van der Waals surface area contributed by atoms with Gasteiger partial charge < -0.3 is 14.7 Å². The Balaban J connectivity index is 1.46. The van der Waals surface area contributed by atoms with Crippen LogP contribution in [0.2, 0.25) is 0 Å². The van der Waals surface area contributed by atoms with Gasteiger partial charge in [-0.05, 0) is 49.8 Å². The van der Waals surface area contributed by atoms with Crippen LogP contribution in [0.1, 0.15) is 42.5 Å². The molecule has 0 aliphatic heterocycles. The number of hydrogen-bond donors (Lipinski definition) is 2. The molecule has 1 aliphatic carbocycles. The molecule has 0 bridgehead atoms. The van der Waals surface area contributed by atoms with E-state index in [4.69, 9.17) is 4.42 Å². The zero-order valence-corrected chi connectivity index (χ0v) is 16.8. The van der Waals surface area contributed by atoms with E-state index in [1.165, 1.54) is 22.2 Å². The number of aryl methyl sites for hydroxylation is 1. The van der Waals surface area contributed by atoms with Crippen molar-refractivity contribution in [2.24, 2.45) is 5.92 Å². The average molecular weight is 404 g/mol. The minimum Gasteiger partial charge on any atom is -0.467 e. The number of rotatable bonds is 5. The molecule has 2 atom stereocenters. The lowest BCUT2D eigenvalue weighted by molar-refractivity contribution is -0.119. The van der Waals surface area contributed by atoms with Crippen LogP contribution >= 0.6 is 23.1 Å². The third kappa shape index (κ3) is 3.82. The van der Waals surface area contributed by atoms with Gasteiger partial charge in [0.1, 0.15) is 10.6 Å². The standard InChI is InChI=1S/C19H21N3O3S2/c1-10-5-6-12-14(8-10)27-18-16(12)17(24)21-19(22-18)26-9-15(23)20-11(2)13-4-3-7-25-13/h3-4,7,10-11H,5-6,8-9H2,1-2H3,(H,20,23)(H,21,22,24)/t10-,11+/m0/s1. The van der Waals surface area contributed by atoms with E-state index in [2.05, 4.69) is 22.2 Å². The largest absolute Gasteiger partial charge is 0.467 e. The summed E-state index contributed by atoms with van der Waals surface area (Å²) in [5.74, 6) is 1.41. The van der Waals surface area contributed by atoms with Gasteiger partial charge in [0.2, 0.25) is 5.91 Å². The molecule has 0 saturated heterocycles. The molecule has 0 unspecified atom stereocenters. The highest BCUT2D eigenvalue weighted by atomic mass is 32.2. The second kappa shape index (κ2) is 7.52. The number of H-pyrrole nitrogens is 1. The predicted molar refractivity (Wildman–Crippen MR) is 107 cm³/mol. The van der Waals surface area contributed by atoms with Gasteiger partial charge in [0.05, 0.1) is 23.4 Å². The first-order chi connectivity index (χ1) is 13.0. The van der Waals surface area contributed by atoms with E-state index >= 15 is 0 Å². The molecule has 1 aliphatic rings. The number of fused-ring (bicyclic) bond motifs is 3. The molecule has 0 aromatic carbocycles. The quantitative estimate of drug-likeness (QED) is 0.501. The van der Waals surface area contributed by atoms with Gasteiger partial charge in [0.15, 0.2) is 5.16 Å². The number of furan rings is 1. The van der Waals surface area contributed by atoms with E-state index in [-0.39, 0.29) is 23.3 Å². The van der Waals surface area contributed by atoms with Gasteiger partial charge in [0.25, 0.3) is 5.56 Å². The second-order valence-electron chi connectivity index (χ2n) is 7.00. The lowest BCUT2D eigenvalue weighted by Gasteiger charge is -2.17. The summed E-state index contributed by atoms with van der Waals surface area (Å²) in [6.07, 6.45) is 4.66. The number of aromatic nitrogens is 2. The Labute approximate surface area is 164 Å². The summed E-state index contributed by atoms with van der Waals surface area (Å²) in [5.41, 5.74) is 1.07. The lowest BCUT2D eigenvalue weighted by atomic mass is 9.89. The summed E-state index contributed by atoms with van der Waals surface area (Å²) in [6.45, 7) is 4.11. The van der Waals surface area contributed by atoms with Crippen molar-refractivity contribution in [2.75, 3.05) is 5.75 Å². The van der Waals surface area contributed by atoms with Crippen LogP contribution < -0.4 is 10.9 Å². The number of thiophene rings is 1. The number of nitrogens with one attached hydrogen (secondary N) is 2. The third-order valence-electron chi connectivity index (χ3n) is 4.83. The topological polar surface area (TPSA) is 88.0 Å². The number of nitrogens with zero attached hydrogens (tertiary/aromatic N) is 1. The second-order valence-corrected chi connectivity index (χ2v) is 9.04. The minimum atomic E-state index is -0.200. The summed E-state index contributed by atoms with van der Waals surface area (Å²) in [4.78, 5) is 34.3. The van der Waals surface area contributed by atoms with Crippen molar-refractivity contribution < 1.29 is 9.21 Å². The molecule has 3 aromatic rings. The summed E-state index contributed by atoms with van der Waals surface area (Å²) >= 11 is 2.86. The molecule has 6 nitrogen and oxygen atoms in total. The molecule has 142 valence electrons. The smallest absolute Gasteiger partial charge is 0.260 e. The Hall–Kier alpha value is -2.06. The van der Waals surface area contributed by atoms with E-state index in [1.54, 1.807) is 23.7 Å². The van der Waals surface area contributed by atoms with Crippen molar-refractivity contribution in [1.82, 2.24) is 15.3 Å². The molecule has 0 radical (unpaired) electrons. The van der Waals surface area contributed by atoms with Gasteiger partial charge in [-0.1, -0.05) is 18.7 Å². The van der Waals surface area contributed by atoms with E-state index in [1.807, 2.05) is 13.0 Å². The first kappa shape index (κ1) is 18.3. The van der Waals surface area contributed by atoms with Crippen molar-refractivity contribution in [3.8, 4) is 0 Å². The molecule has 2 N–H and O–H groups in total. The van der Waals surface area contributed by atoms with Crippen LogP contribution in [0.25, 0.3) is 10.2 Å². The number of thioether (sulfide) groups is 1. The van der Waals surface area contributed by atoms with E-state index < -0.39 is 0 Å². The van der Waals surface area contributed by atoms with Gasteiger partial charge >= 0.3 is 0 Å². The lowest BCUT2D eigenvalue weighted by Crippen LogP contribution is -2.28. The Morgan fingerprint density at radius 3 is 3.19 bits per heavy atom. The fraction of sp³-hybridized carbons (Fsp3) is 0.421. The van der Waals surface area contributed by atoms with Crippen LogP contribution in [-0.2, 0) is 17.6 Å². The minimum absolute atomic E-state index is 0.0982. The highest BCUT2D eigenvalue weighted by molar-refractivity contribution is 7.99. The maximum atomic E-state index is 12.6. The van der Waals surface area contributed by atoms with Crippen LogP contribution in [0.4, 0.5) is 0 Å². The molecule has 0 fully saturated rings. The molecule has 4 rings (SSSR count). The Kier molecular flexibility index (Phi) is 5.10. The number of carbonyl (C=O) groups excluding carboxylic acids is 1. The fourth-order valence-corrected chi connectivity index (χ4v) is 5.54. The molecule has 3 heterocycles. The van der Waals surface area contributed by atoms with E-state index in [0.29, 0.717) is 16.8 Å². The zero-order chi connectivity index (χ0) is 19.0. The molecule has 1 amide bonds. The molecule has 0 spiro atoms. The van der Waals surface area contributed by atoms with Crippen LogP contribution in [0.3, 0.4) is 0 Å². The Morgan fingerprint density at radius 2 is 2.41 bits per heavy atom. The number of hydrogen-bond acceptors (Lipinski definition) is 6. The number of aromatic amines is 1. The molecule has 27 heavy (non-hydrogen) atoms. The van der Waals surface area contributed by atoms with Crippen LogP contribution in [0.5, 0.6) is 0 Å². The monoisotopic (exact) mass is 403 g/mol.